The van der Waals surface area contributed by atoms with Gasteiger partial charge in [0.05, 0.1) is 28.7 Å². The van der Waals surface area contributed by atoms with Crippen LogP contribution in [0.1, 0.15) is 5.56 Å². The standard InChI is InChI=1S/C14H9BrClNOS/c1-18-12-4-3-10(15)7-14(12)19-13-5-2-9(8-17)6-11(13)16/h2-7H,1H3. The highest BCUT2D eigenvalue weighted by Gasteiger charge is 2.09. The molecule has 0 aliphatic rings. The Hall–Kier alpha value is -1.15. The van der Waals surface area contributed by atoms with Crippen LogP contribution in [-0.4, -0.2) is 7.11 Å². The molecule has 0 atom stereocenters. The molecule has 0 aromatic heterocycles. The maximum Gasteiger partial charge on any atom is 0.132 e. The minimum absolute atomic E-state index is 0.551. The summed E-state index contributed by atoms with van der Waals surface area (Å²) in [6.45, 7) is 0. The second-order valence-electron chi connectivity index (χ2n) is 3.65. The Morgan fingerprint density at radius 2 is 2.00 bits per heavy atom. The molecule has 0 bridgehead atoms. The van der Waals surface area contributed by atoms with E-state index in [4.69, 9.17) is 21.6 Å². The number of hydrogen-bond donors (Lipinski definition) is 0. The van der Waals surface area contributed by atoms with Crippen LogP contribution in [-0.2, 0) is 0 Å². The Morgan fingerprint density at radius 3 is 2.63 bits per heavy atom. The monoisotopic (exact) mass is 353 g/mol. The molecule has 2 aromatic rings. The van der Waals surface area contributed by atoms with Gasteiger partial charge in [0.1, 0.15) is 5.75 Å². The lowest BCUT2D eigenvalue weighted by molar-refractivity contribution is 0.404. The van der Waals surface area contributed by atoms with Crippen LogP contribution in [0.4, 0.5) is 0 Å². The smallest absolute Gasteiger partial charge is 0.132 e. The molecule has 2 rings (SSSR count). The van der Waals surface area contributed by atoms with Gasteiger partial charge in [-0.15, -0.1) is 0 Å². The lowest BCUT2D eigenvalue weighted by Gasteiger charge is -2.09. The van der Waals surface area contributed by atoms with Crippen molar-refractivity contribution < 1.29 is 4.74 Å². The van der Waals surface area contributed by atoms with Crippen LogP contribution in [0.2, 0.25) is 5.02 Å². The molecule has 0 N–H and O–H groups in total. The lowest BCUT2D eigenvalue weighted by atomic mass is 10.2. The molecule has 0 amide bonds. The van der Waals surface area contributed by atoms with Crippen LogP contribution in [0, 0.1) is 11.3 Å². The van der Waals surface area contributed by atoms with Gasteiger partial charge in [0, 0.05) is 9.37 Å². The summed E-state index contributed by atoms with van der Waals surface area (Å²) in [5.74, 6) is 0.786. The lowest BCUT2D eigenvalue weighted by Crippen LogP contribution is -1.86. The van der Waals surface area contributed by atoms with Gasteiger partial charge in [-0.25, -0.2) is 0 Å². The quantitative estimate of drug-likeness (QED) is 0.765. The van der Waals surface area contributed by atoms with Gasteiger partial charge in [0.25, 0.3) is 0 Å². The van der Waals surface area contributed by atoms with Crippen molar-refractivity contribution in [3.8, 4) is 11.8 Å². The third kappa shape index (κ3) is 3.44. The molecule has 0 radical (unpaired) electrons. The molecule has 19 heavy (non-hydrogen) atoms. The number of hydrogen-bond acceptors (Lipinski definition) is 3. The van der Waals surface area contributed by atoms with Crippen molar-refractivity contribution in [1.82, 2.24) is 0 Å². The number of benzene rings is 2. The zero-order valence-corrected chi connectivity index (χ0v) is 13.1. The Kier molecular flexibility index (Phi) is 4.76. The molecule has 0 saturated heterocycles. The fraction of sp³-hybridized carbons (Fsp3) is 0.0714. The third-order valence-electron chi connectivity index (χ3n) is 2.41. The second kappa shape index (κ2) is 6.33. The average molecular weight is 355 g/mol. The maximum atomic E-state index is 8.82. The number of ether oxygens (including phenoxy) is 1. The van der Waals surface area contributed by atoms with Crippen molar-refractivity contribution in [2.45, 2.75) is 9.79 Å². The van der Waals surface area contributed by atoms with Crippen LogP contribution in [0.15, 0.2) is 50.7 Å². The van der Waals surface area contributed by atoms with Crippen LogP contribution >= 0.6 is 39.3 Å². The van der Waals surface area contributed by atoms with Crippen LogP contribution in [0.5, 0.6) is 5.75 Å². The molecule has 0 fully saturated rings. The van der Waals surface area contributed by atoms with E-state index in [1.165, 1.54) is 11.8 Å². The maximum absolute atomic E-state index is 8.82. The van der Waals surface area contributed by atoms with Gasteiger partial charge in [-0.05, 0) is 36.4 Å². The van der Waals surface area contributed by atoms with Crippen LogP contribution < -0.4 is 4.74 Å². The molecule has 0 saturated carbocycles. The first-order chi connectivity index (χ1) is 9.13. The van der Waals surface area contributed by atoms with Gasteiger partial charge in [-0.1, -0.05) is 39.3 Å². The average Bonchev–Trinajstić information content (AvgIpc) is 2.41. The van der Waals surface area contributed by atoms with E-state index < -0.39 is 0 Å². The van der Waals surface area contributed by atoms with E-state index in [1.54, 1.807) is 19.2 Å². The predicted octanol–water partition coefficient (Wildman–Crippen LogP) is 5.13. The minimum atomic E-state index is 0.551. The van der Waals surface area contributed by atoms with Crippen LogP contribution in [0.25, 0.3) is 0 Å². The number of nitriles is 1. The SMILES string of the molecule is COc1ccc(Br)cc1Sc1ccc(C#N)cc1Cl. The first-order valence-corrected chi connectivity index (χ1v) is 7.34. The highest BCUT2D eigenvalue weighted by atomic mass is 79.9. The van der Waals surface area contributed by atoms with Crippen molar-refractivity contribution >= 4 is 39.3 Å². The Balaban J connectivity index is 2.36. The summed E-state index contributed by atoms with van der Waals surface area (Å²) in [6.07, 6.45) is 0. The summed E-state index contributed by atoms with van der Waals surface area (Å²) in [5.41, 5.74) is 0.551. The fourth-order valence-electron chi connectivity index (χ4n) is 1.50. The molecule has 2 aromatic carbocycles. The zero-order chi connectivity index (χ0) is 13.8. The molecule has 0 aliphatic carbocycles. The van der Waals surface area contributed by atoms with E-state index in [-0.39, 0.29) is 0 Å². The van der Waals surface area contributed by atoms with Gasteiger partial charge < -0.3 is 4.74 Å². The molecule has 0 aliphatic heterocycles. The minimum Gasteiger partial charge on any atom is -0.496 e. The normalized spacial score (nSPS) is 10.0. The van der Waals surface area contributed by atoms with Crippen molar-refractivity contribution in [2.75, 3.05) is 7.11 Å². The zero-order valence-electron chi connectivity index (χ0n) is 9.98. The first-order valence-electron chi connectivity index (χ1n) is 5.35. The molecule has 0 unspecified atom stereocenters. The highest BCUT2D eigenvalue weighted by molar-refractivity contribution is 9.10. The van der Waals surface area contributed by atoms with E-state index >= 15 is 0 Å². The van der Waals surface area contributed by atoms with Crippen molar-refractivity contribution in [2.24, 2.45) is 0 Å². The Labute approximate surface area is 129 Å². The predicted molar refractivity (Wildman–Crippen MR) is 81.0 cm³/mol. The molecule has 5 heteroatoms. The van der Waals surface area contributed by atoms with E-state index in [2.05, 4.69) is 22.0 Å². The summed E-state index contributed by atoms with van der Waals surface area (Å²) in [5, 5.41) is 9.38. The van der Waals surface area contributed by atoms with Crippen LogP contribution in [0.3, 0.4) is 0 Å². The van der Waals surface area contributed by atoms with Crippen molar-refractivity contribution in [3.05, 3.63) is 51.5 Å². The molecular weight excluding hydrogens is 346 g/mol. The first kappa shape index (κ1) is 14.3. The number of nitrogens with zero attached hydrogens (tertiary/aromatic N) is 1. The van der Waals surface area contributed by atoms with Crippen molar-refractivity contribution in [1.29, 1.82) is 5.26 Å². The fourth-order valence-corrected chi connectivity index (χ4v) is 3.28. The molecule has 96 valence electrons. The summed E-state index contributed by atoms with van der Waals surface area (Å²) in [4.78, 5) is 1.85. The summed E-state index contributed by atoms with van der Waals surface area (Å²) < 4.78 is 6.29. The number of halogens is 2. The van der Waals surface area contributed by atoms with E-state index in [0.29, 0.717) is 10.6 Å². The van der Waals surface area contributed by atoms with Gasteiger partial charge in [-0.3, -0.25) is 0 Å². The Bertz CT molecular complexity index is 654. The van der Waals surface area contributed by atoms with Gasteiger partial charge in [0.2, 0.25) is 0 Å². The number of methoxy groups -OCH3 is 1. The summed E-state index contributed by atoms with van der Waals surface area (Å²) in [7, 11) is 1.63. The van der Waals surface area contributed by atoms with E-state index in [9.17, 15) is 0 Å². The molecular formula is C14H9BrClNOS. The third-order valence-corrected chi connectivity index (χ3v) is 4.44. The van der Waals surface area contributed by atoms with E-state index in [1.807, 2.05) is 24.3 Å². The summed E-state index contributed by atoms with van der Waals surface area (Å²) in [6, 6.07) is 13.1. The van der Waals surface area contributed by atoms with E-state index in [0.717, 1.165) is 20.0 Å². The van der Waals surface area contributed by atoms with Gasteiger partial charge >= 0.3 is 0 Å². The van der Waals surface area contributed by atoms with Gasteiger partial charge in [-0.2, -0.15) is 5.26 Å². The molecule has 0 spiro atoms. The Morgan fingerprint density at radius 1 is 1.21 bits per heavy atom. The number of rotatable bonds is 3. The topological polar surface area (TPSA) is 33.0 Å². The summed E-state index contributed by atoms with van der Waals surface area (Å²) >= 11 is 11.1. The second-order valence-corrected chi connectivity index (χ2v) is 6.06. The highest BCUT2D eigenvalue weighted by Crippen LogP contribution is 2.39. The van der Waals surface area contributed by atoms with Gasteiger partial charge in [0.15, 0.2) is 0 Å². The van der Waals surface area contributed by atoms with Crippen molar-refractivity contribution in [3.63, 3.8) is 0 Å². The largest absolute Gasteiger partial charge is 0.496 e. The molecule has 2 nitrogen and oxygen atoms in total. The molecule has 0 heterocycles.